The molecule has 2 heterocycles. The van der Waals surface area contributed by atoms with Gasteiger partial charge in [0.2, 0.25) is 0 Å². The van der Waals surface area contributed by atoms with E-state index in [4.69, 9.17) is 5.73 Å². The Labute approximate surface area is 82.4 Å². The summed E-state index contributed by atoms with van der Waals surface area (Å²) in [5.41, 5.74) is 8.19. The maximum atomic E-state index is 5.68. The fourth-order valence-electron chi connectivity index (χ4n) is 1.23. The number of aryl methyl sites for hydroxylation is 2. The zero-order valence-corrected chi connectivity index (χ0v) is 8.23. The van der Waals surface area contributed by atoms with Crippen molar-refractivity contribution in [3.05, 3.63) is 35.8 Å². The first-order chi connectivity index (χ1) is 6.66. The summed E-state index contributed by atoms with van der Waals surface area (Å²) < 4.78 is 1.74. The summed E-state index contributed by atoms with van der Waals surface area (Å²) >= 11 is 0. The van der Waals surface area contributed by atoms with Gasteiger partial charge in [0.15, 0.2) is 5.82 Å². The van der Waals surface area contributed by atoms with E-state index in [9.17, 15) is 0 Å². The summed E-state index contributed by atoms with van der Waals surface area (Å²) in [6, 6.07) is 5.64. The number of nitrogens with two attached hydrogens (primary N) is 1. The van der Waals surface area contributed by atoms with Gasteiger partial charge in [0, 0.05) is 6.20 Å². The standard InChI is InChI=1S/C10H12N4/c1-7-5-6-14(13-7)10-4-3-9(11)8(2)12-10/h3-6H,11H2,1-2H3. The largest absolute Gasteiger partial charge is 0.397 e. The van der Waals surface area contributed by atoms with Crippen LogP contribution >= 0.6 is 0 Å². The van der Waals surface area contributed by atoms with Gasteiger partial charge in [0.25, 0.3) is 0 Å². The molecule has 0 saturated heterocycles. The molecule has 2 rings (SSSR count). The summed E-state index contributed by atoms with van der Waals surface area (Å²) in [6.07, 6.45) is 1.88. The summed E-state index contributed by atoms with van der Waals surface area (Å²) in [4.78, 5) is 4.33. The second-order valence-electron chi connectivity index (χ2n) is 3.25. The van der Waals surface area contributed by atoms with Crippen molar-refractivity contribution in [2.24, 2.45) is 0 Å². The molecule has 0 spiro atoms. The van der Waals surface area contributed by atoms with Crippen molar-refractivity contribution in [2.75, 3.05) is 5.73 Å². The molecule has 0 aliphatic rings. The zero-order chi connectivity index (χ0) is 10.1. The molecular weight excluding hydrogens is 176 g/mol. The third kappa shape index (κ3) is 1.46. The van der Waals surface area contributed by atoms with Crippen molar-refractivity contribution in [2.45, 2.75) is 13.8 Å². The topological polar surface area (TPSA) is 56.7 Å². The average molecular weight is 188 g/mol. The van der Waals surface area contributed by atoms with Gasteiger partial charge in [-0.3, -0.25) is 0 Å². The summed E-state index contributed by atoms with van der Waals surface area (Å²) in [7, 11) is 0. The smallest absolute Gasteiger partial charge is 0.153 e. The first-order valence-electron chi connectivity index (χ1n) is 4.42. The monoisotopic (exact) mass is 188 g/mol. The first kappa shape index (κ1) is 8.74. The summed E-state index contributed by atoms with van der Waals surface area (Å²) in [6.45, 7) is 3.83. The molecule has 0 aliphatic heterocycles. The Morgan fingerprint density at radius 3 is 2.57 bits per heavy atom. The van der Waals surface area contributed by atoms with Crippen molar-refractivity contribution in [1.82, 2.24) is 14.8 Å². The lowest BCUT2D eigenvalue weighted by molar-refractivity contribution is 0.828. The van der Waals surface area contributed by atoms with Gasteiger partial charge in [-0.25, -0.2) is 9.67 Å². The lowest BCUT2D eigenvalue weighted by Gasteiger charge is -2.03. The van der Waals surface area contributed by atoms with E-state index in [1.807, 2.05) is 38.2 Å². The molecule has 0 unspecified atom stereocenters. The zero-order valence-electron chi connectivity index (χ0n) is 8.23. The predicted octanol–water partition coefficient (Wildman–Crippen LogP) is 1.47. The van der Waals surface area contributed by atoms with Crippen LogP contribution in [0.25, 0.3) is 5.82 Å². The Morgan fingerprint density at radius 1 is 1.21 bits per heavy atom. The SMILES string of the molecule is Cc1ccn(-c2ccc(N)c(C)n2)n1. The molecular formula is C10H12N4. The molecule has 2 aromatic rings. The Hall–Kier alpha value is -1.84. The number of hydrogen-bond donors (Lipinski definition) is 1. The van der Waals surface area contributed by atoms with E-state index in [1.54, 1.807) is 4.68 Å². The lowest BCUT2D eigenvalue weighted by Crippen LogP contribution is -2.01. The molecule has 0 fully saturated rings. The number of hydrogen-bond acceptors (Lipinski definition) is 3. The van der Waals surface area contributed by atoms with Crippen LogP contribution in [0.15, 0.2) is 24.4 Å². The minimum Gasteiger partial charge on any atom is -0.397 e. The van der Waals surface area contributed by atoms with Crippen molar-refractivity contribution in [1.29, 1.82) is 0 Å². The molecule has 0 radical (unpaired) electrons. The summed E-state index contributed by atoms with van der Waals surface area (Å²) in [5.74, 6) is 0.796. The van der Waals surface area contributed by atoms with E-state index in [2.05, 4.69) is 10.1 Å². The van der Waals surface area contributed by atoms with Crippen LogP contribution in [0.5, 0.6) is 0 Å². The second kappa shape index (κ2) is 3.14. The average Bonchev–Trinajstić information content (AvgIpc) is 2.57. The van der Waals surface area contributed by atoms with Gasteiger partial charge < -0.3 is 5.73 Å². The quantitative estimate of drug-likeness (QED) is 0.737. The number of aromatic nitrogens is 3. The normalized spacial score (nSPS) is 10.4. The molecule has 4 heteroatoms. The van der Waals surface area contributed by atoms with Crippen molar-refractivity contribution in [3.63, 3.8) is 0 Å². The highest BCUT2D eigenvalue weighted by Crippen LogP contribution is 2.11. The molecule has 0 bridgehead atoms. The molecule has 0 saturated carbocycles. The maximum absolute atomic E-state index is 5.68. The number of pyridine rings is 1. The van der Waals surface area contributed by atoms with E-state index in [1.165, 1.54) is 0 Å². The van der Waals surface area contributed by atoms with Crippen LogP contribution in [-0.4, -0.2) is 14.8 Å². The van der Waals surface area contributed by atoms with Gasteiger partial charge in [-0.1, -0.05) is 0 Å². The second-order valence-corrected chi connectivity index (χ2v) is 3.25. The molecule has 14 heavy (non-hydrogen) atoms. The molecule has 0 aromatic carbocycles. The minimum absolute atomic E-state index is 0.706. The van der Waals surface area contributed by atoms with Crippen LogP contribution in [0.3, 0.4) is 0 Å². The third-order valence-corrected chi connectivity index (χ3v) is 2.07. The Morgan fingerprint density at radius 2 is 2.00 bits per heavy atom. The van der Waals surface area contributed by atoms with Gasteiger partial charge in [0.05, 0.1) is 17.1 Å². The Kier molecular flexibility index (Phi) is 1.96. The lowest BCUT2D eigenvalue weighted by atomic mass is 10.3. The van der Waals surface area contributed by atoms with Gasteiger partial charge in [-0.2, -0.15) is 5.10 Å². The fourth-order valence-corrected chi connectivity index (χ4v) is 1.23. The Bertz CT molecular complexity index is 459. The van der Waals surface area contributed by atoms with Crippen molar-refractivity contribution >= 4 is 5.69 Å². The van der Waals surface area contributed by atoms with Crippen LogP contribution in [-0.2, 0) is 0 Å². The number of anilines is 1. The Balaban J connectivity index is 2.47. The minimum atomic E-state index is 0.706. The van der Waals surface area contributed by atoms with Gasteiger partial charge >= 0.3 is 0 Å². The van der Waals surface area contributed by atoms with Crippen LogP contribution in [0.2, 0.25) is 0 Å². The third-order valence-electron chi connectivity index (χ3n) is 2.07. The molecule has 4 nitrogen and oxygen atoms in total. The van der Waals surface area contributed by atoms with Gasteiger partial charge in [0.1, 0.15) is 0 Å². The predicted molar refractivity (Wildman–Crippen MR) is 55.2 cm³/mol. The van der Waals surface area contributed by atoms with Crippen molar-refractivity contribution < 1.29 is 0 Å². The fraction of sp³-hybridized carbons (Fsp3) is 0.200. The van der Waals surface area contributed by atoms with E-state index in [-0.39, 0.29) is 0 Å². The highest BCUT2D eigenvalue weighted by Gasteiger charge is 2.01. The van der Waals surface area contributed by atoms with Crippen LogP contribution in [0.4, 0.5) is 5.69 Å². The number of nitrogens with zero attached hydrogens (tertiary/aromatic N) is 3. The molecule has 0 atom stereocenters. The maximum Gasteiger partial charge on any atom is 0.153 e. The van der Waals surface area contributed by atoms with E-state index in [0.29, 0.717) is 5.69 Å². The van der Waals surface area contributed by atoms with E-state index >= 15 is 0 Å². The van der Waals surface area contributed by atoms with Gasteiger partial charge in [-0.15, -0.1) is 0 Å². The number of rotatable bonds is 1. The van der Waals surface area contributed by atoms with E-state index in [0.717, 1.165) is 17.2 Å². The molecule has 0 amide bonds. The molecule has 72 valence electrons. The summed E-state index contributed by atoms with van der Waals surface area (Å²) in [5, 5.41) is 4.27. The van der Waals surface area contributed by atoms with Crippen molar-refractivity contribution in [3.8, 4) is 5.82 Å². The van der Waals surface area contributed by atoms with E-state index < -0.39 is 0 Å². The highest BCUT2D eigenvalue weighted by molar-refractivity contribution is 5.45. The highest BCUT2D eigenvalue weighted by atomic mass is 15.3. The first-order valence-corrected chi connectivity index (χ1v) is 4.42. The molecule has 0 aliphatic carbocycles. The van der Waals surface area contributed by atoms with Crippen LogP contribution in [0.1, 0.15) is 11.4 Å². The van der Waals surface area contributed by atoms with Gasteiger partial charge in [-0.05, 0) is 32.0 Å². The van der Waals surface area contributed by atoms with Crippen LogP contribution in [0, 0.1) is 13.8 Å². The van der Waals surface area contributed by atoms with Crippen LogP contribution < -0.4 is 5.73 Å². The molecule has 2 aromatic heterocycles. The molecule has 2 N–H and O–H groups in total. The number of nitrogen functional groups attached to an aromatic ring is 1.